The zero-order chi connectivity index (χ0) is 22.1. The van der Waals surface area contributed by atoms with Gasteiger partial charge in [-0.1, -0.05) is 63.2 Å². The quantitative estimate of drug-likeness (QED) is 0.520. The Morgan fingerprint density at radius 1 is 1.00 bits per heavy atom. The molecule has 0 saturated carbocycles. The second-order valence-corrected chi connectivity index (χ2v) is 10.9. The highest BCUT2D eigenvalue weighted by molar-refractivity contribution is 7.93. The summed E-state index contributed by atoms with van der Waals surface area (Å²) >= 11 is 1.22. The molecule has 0 unspecified atom stereocenters. The molecule has 1 aromatic heterocycles. The molecule has 3 aromatic rings. The van der Waals surface area contributed by atoms with Gasteiger partial charge in [0.2, 0.25) is 0 Å². The molecule has 0 amide bonds. The summed E-state index contributed by atoms with van der Waals surface area (Å²) in [6, 6.07) is 16.2. The molecular formula is C23H25NO4S2. The number of methoxy groups -OCH3 is 1. The van der Waals surface area contributed by atoms with E-state index in [1.54, 1.807) is 12.1 Å². The average Bonchev–Trinajstić information content (AvgIpc) is 3.02. The van der Waals surface area contributed by atoms with Crippen LogP contribution in [0.1, 0.15) is 41.6 Å². The molecule has 0 spiro atoms. The molecule has 3 rings (SSSR count). The molecule has 0 aliphatic heterocycles. The number of rotatable bonds is 5. The topological polar surface area (TPSA) is 72.5 Å². The van der Waals surface area contributed by atoms with Crippen LogP contribution in [0.3, 0.4) is 0 Å². The number of sulfonamides is 1. The van der Waals surface area contributed by atoms with E-state index < -0.39 is 16.0 Å². The third-order valence-electron chi connectivity index (χ3n) is 4.79. The van der Waals surface area contributed by atoms with Crippen LogP contribution in [0.25, 0.3) is 11.1 Å². The molecule has 0 atom stereocenters. The number of ether oxygens (including phenoxy) is 1. The van der Waals surface area contributed by atoms with Gasteiger partial charge in [0.25, 0.3) is 10.0 Å². The van der Waals surface area contributed by atoms with Crippen molar-refractivity contribution in [2.75, 3.05) is 11.8 Å². The van der Waals surface area contributed by atoms with Gasteiger partial charge in [-0.2, -0.15) is 0 Å². The lowest BCUT2D eigenvalue weighted by Gasteiger charge is -2.19. The average molecular weight is 444 g/mol. The zero-order valence-corrected chi connectivity index (χ0v) is 19.3. The first kappa shape index (κ1) is 22.1. The minimum Gasteiger partial charge on any atom is -0.465 e. The van der Waals surface area contributed by atoms with Gasteiger partial charge in [-0.3, -0.25) is 4.72 Å². The minimum absolute atomic E-state index is 0.0801. The van der Waals surface area contributed by atoms with Crippen molar-refractivity contribution in [3.8, 4) is 11.1 Å². The summed E-state index contributed by atoms with van der Waals surface area (Å²) in [5.74, 6) is -0.584. The highest BCUT2D eigenvalue weighted by atomic mass is 32.2. The third-order valence-corrected chi connectivity index (χ3v) is 7.31. The molecule has 7 heteroatoms. The minimum atomic E-state index is -3.87. The SMILES string of the molecule is COC(=O)c1c(NS(=O)(=O)c2ccc(C(C)(C)C)cc2)sc(C)c1-c1ccccc1. The van der Waals surface area contributed by atoms with Gasteiger partial charge in [0.15, 0.2) is 0 Å². The summed E-state index contributed by atoms with van der Waals surface area (Å²) < 4.78 is 33.6. The lowest BCUT2D eigenvalue weighted by molar-refractivity contribution is 0.0603. The van der Waals surface area contributed by atoms with E-state index in [0.717, 1.165) is 16.0 Å². The maximum atomic E-state index is 13.0. The van der Waals surface area contributed by atoms with Crippen LogP contribution in [0, 0.1) is 6.92 Å². The number of hydrogen-bond acceptors (Lipinski definition) is 5. The first-order chi connectivity index (χ1) is 14.0. The van der Waals surface area contributed by atoms with E-state index in [-0.39, 0.29) is 20.9 Å². The Kier molecular flexibility index (Phi) is 6.06. The van der Waals surface area contributed by atoms with Crippen molar-refractivity contribution in [3.05, 3.63) is 70.6 Å². The molecule has 158 valence electrons. The predicted molar refractivity (Wildman–Crippen MR) is 122 cm³/mol. The van der Waals surface area contributed by atoms with Crippen LogP contribution in [0.15, 0.2) is 59.5 Å². The van der Waals surface area contributed by atoms with Crippen LogP contribution < -0.4 is 4.72 Å². The van der Waals surface area contributed by atoms with E-state index >= 15 is 0 Å². The largest absolute Gasteiger partial charge is 0.465 e. The summed E-state index contributed by atoms with van der Waals surface area (Å²) in [5, 5.41) is 0.248. The van der Waals surface area contributed by atoms with Crippen molar-refractivity contribution in [3.63, 3.8) is 0 Å². The first-order valence-electron chi connectivity index (χ1n) is 9.45. The fourth-order valence-corrected chi connectivity index (χ4v) is 5.55. The van der Waals surface area contributed by atoms with Crippen molar-refractivity contribution in [2.24, 2.45) is 0 Å². The van der Waals surface area contributed by atoms with Gasteiger partial charge in [0.1, 0.15) is 10.6 Å². The Bertz CT molecular complexity index is 1160. The molecule has 1 heterocycles. The van der Waals surface area contributed by atoms with Crippen molar-refractivity contribution in [1.29, 1.82) is 0 Å². The van der Waals surface area contributed by atoms with E-state index in [9.17, 15) is 13.2 Å². The third kappa shape index (κ3) is 4.42. The number of benzene rings is 2. The van der Waals surface area contributed by atoms with Gasteiger partial charge >= 0.3 is 5.97 Å². The van der Waals surface area contributed by atoms with Crippen LogP contribution in [0.2, 0.25) is 0 Å². The molecule has 0 radical (unpaired) electrons. The fraction of sp³-hybridized carbons (Fsp3) is 0.261. The number of nitrogens with one attached hydrogen (secondary N) is 1. The summed E-state index contributed by atoms with van der Waals surface area (Å²) in [5.41, 5.74) is 2.68. The Hall–Kier alpha value is -2.64. The molecular weight excluding hydrogens is 418 g/mol. The lowest BCUT2D eigenvalue weighted by Crippen LogP contribution is -2.16. The molecule has 0 saturated heterocycles. The van der Waals surface area contributed by atoms with Gasteiger partial charge in [0, 0.05) is 10.4 Å². The van der Waals surface area contributed by atoms with Gasteiger partial charge in [-0.05, 0) is 35.6 Å². The molecule has 30 heavy (non-hydrogen) atoms. The highest BCUT2D eigenvalue weighted by Crippen LogP contribution is 2.41. The lowest BCUT2D eigenvalue weighted by atomic mass is 9.87. The van der Waals surface area contributed by atoms with Crippen LogP contribution in [-0.4, -0.2) is 21.5 Å². The smallest absolute Gasteiger partial charge is 0.341 e. The second-order valence-electron chi connectivity index (χ2n) is 7.97. The van der Waals surface area contributed by atoms with Gasteiger partial charge in [-0.15, -0.1) is 11.3 Å². The summed E-state index contributed by atoms with van der Waals surface area (Å²) in [4.78, 5) is 13.5. The molecule has 0 bridgehead atoms. The van der Waals surface area contributed by atoms with E-state index in [4.69, 9.17) is 4.74 Å². The Morgan fingerprint density at radius 3 is 2.13 bits per heavy atom. The molecule has 0 aliphatic rings. The number of aryl methyl sites for hydroxylation is 1. The van der Waals surface area contributed by atoms with Gasteiger partial charge in [-0.25, -0.2) is 13.2 Å². The van der Waals surface area contributed by atoms with Crippen LogP contribution in [-0.2, 0) is 20.2 Å². The van der Waals surface area contributed by atoms with Crippen LogP contribution >= 0.6 is 11.3 Å². The Morgan fingerprint density at radius 2 is 1.60 bits per heavy atom. The Labute approximate surface area is 181 Å². The van der Waals surface area contributed by atoms with E-state index in [1.165, 1.54) is 18.4 Å². The Balaban J connectivity index is 2.05. The van der Waals surface area contributed by atoms with Crippen molar-refractivity contribution >= 4 is 32.3 Å². The van der Waals surface area contributed by atoms with E-state index in [2.05, 4.69) is 25.5 Å². The number of carbonyl (C=O) groups excluding carboxylic acids is 1. The van der Waals surface area contributed by atoms with Gasteiger partial charge in [0.05, 0.1) is 12.0 Å². The van der Waals surface area contributed by atoms with Crippen LogP contribution in [0.4, 0.5) is 5.00 Å². The summed E-state index contributed by atoms with van der Waals surface area (Å²) in [6.07, 6.45) is 0. The number of thiophene rings is 1. The number of esters is 1. The van der Waals surface area contributed by atoms with Crippen molar-refractivity contribution in [1.82, 2.24) is 0 Å². The molecule has 0 aliphatic carbocycles. The van der Waals surface area contributed by atoms with E-state index in [1.807, 2.05) is 49.4 Å². The maximum absolute atomic E-state index is 13.0. The summed E-state index contributed by atoms with van der Waals surface area (Å²) in [7, 11) is -2.59. The molecule has 5 nitrogen and oxygen atoms in total. The number of hydrogen-bond donors (Lipinski definition) is 1. The fourth-order valence-electron chi connectivity index (χ4n) is 3.18. The maximum Gasteiger partial charge on any atom is 0.341 e. The monoisotopic (exact) mass is 443 g/mol. The standard InChI is InChI=1S/C23H25NO4S2/c1-15-19(16-9-7-6-8-10-16)20(22(25)28-5)21(29-15)24-30(26,27)18-13-11-17(12-14-18)23(2,3)4/h6-14,24H,1-5H3. The van der Waals surface area contributed by atoms with E-state index in [0.29, 0.717) is 5.56 Å². The predicted octanol–water partition coefficient (Wildman–Crippen LogP) is 5.61. The number of anilines is 1. The van der Waals surface area contributed by atoms with Crippen molar-refractivity contribution in [2.45, 2.75) is 38.0 Å². The molecule has 0 fully saturated rings. The highest BCUT2D eigenvalue weighted by Gasteiger charge is 2.27. The normalized spacial score (nSPS) is 11.9. The molecule has 1 N–H and O–H groups in total. The van der Waals surface area contributed by atoms with Crippen molar-refractivity contribution < 1.29 is 17.9 Å². The molecule has 2 aromatic carbocycles. The number of carbonyl (C=O) groups is 1. The summed E-state index contributed by atoms with van der Waals surface area (Å²) in [6.45, 7) is 8.06. The van der Waals surface area contributed by atoms with Gasteiger partial charge < -0.3 is 4.74 Å². The first-order valence-corrected chi connectivity index (χ1v) is 11.7. The zero-order valence-electron chi connectivity index (χ0n) is 17.6. The van der Waals surface area contributed by atoms with Crippen LogP contribution in [0.5, 0.6) is 0 Å². The second kappa shape index (κ2) is 8.24.